The molecule has 0 unspecified atom stereocenters. The second kappa shape index (κ2) is 3.72. The quantitative estimate of drug-likeness (QED) is 0.614. The molecule has 3 heteroatoms. The van der Waals surface area contributed by atoms with E-state index in [0.29, 0.717) is 18.0 Å². The Morgan fingerprint density at radius 3 is 2.92 bits per heavy atom. The molecule has 1 aromatic carbocycles. The summed E-state index contributed by atoms with van der Waals surface area (Å²) in [5.41, 5.74) is 0.346. The van der Waals surface area contributed by atoms with Gasteiger partial charge in [0, 0.05) is 6.07 Å². The Hall–Kier alpha value is -1.56. The molecule has 62 valence electrons. The molecule has 0 aliphatic carbocycles. The van der Waals surface area contributed by atoms with Crippen LogP contribution in [0.25, 0.3) is 4.85 Å². The van der Waals surface area contributed by atoms with Gasteiger partial charge in [-0.15, -0.1) is 0 Å². The van der Waals surface area contributed by atoms with Crippen LogP contribution in [0, 0.1) is 12.4 Å². The summed E-state index contributed by atoms with van der Waals surface area (Å²) in [4.78, 5) is 3.19. The number of hydrogen-bond donors (Lipinski definition) is 0. The van der Waals surface area contributed by atoms with E-state index >= 15 is 0 Å². The highest BCUT2D eigenvalue weighted by molar-refractivity contribution is 5.57. The largest absolute Gasteiger partial charge is 0.505 e. The number of halogens is 1. The van der Waals surface area contributed by atoms with Gasteiger partial charge in [0.1, 0.15) is 11.6 Å². The molecule has 0 N–H and O–H groups in total. The minimum atomic E-state index is -0.383. The van der Waals surface area contributed by atoms with Gasteiger partial charge in [-0.3, -0.25) is 0 Å². The Balaban J connectivity index is 3.06. The van der Waals surface area contributed by atoms with E-state index in [0.717, 1.165) is 0 Å². The third-order valence-electron chi connectivity index (χ3n) is 1.34. The highest BCUT2D eigenvalue weighted by Gasteiger charge is 2.03. The van der Waals surface area contributed by atoms with Crippen LogP contribution < -0.4 is 4.74 Å². The summed E-state index contributed by atoms with van der Waals surface area (Å²) in [7, 11) is 0. The molecule has 0 atom stereocenters. The van der Waals surface area contributed by atoms with Crippen molar-refractivity contribution in [3.05, 3.63) is 35.4 Å². The molecule has 0 saturated heterocycles. The maximum atomic E-state index is 12.6. The van der Waals surface area contributed by atoms with Crippen molar-refractivity contribution in [1.82, 2.24) is 0 Å². The van der Waals surface area contributed by atoms with E-state index < -0.39 is 0 Å². The smallest absolute Gasteiger partial charge is 0.228 e. The Labute approximate surface area is 70.4 Å². The normalized spacial score (nSPS) is 9.08. The average molecular weight is 165 g/mol. The second-order valence-electron chi connectivity index (χ2n) is 2.16. The van der Waals surface area contributed by atoms with Crippen molar-refractivity contribution in [1.29, 1.82) is 0 Å². The molecule has 0 aliphatic heterocycles. The van der Waals surface area contributed by atoms with Crippen LogP contribution >= 0.6 is 0 Å². The summed E-state index contributed by atoms with van der Waals surface area (Å²) in [6.07, 6.45) is 0. The first kappa shape index (κ1) is 8.54. The monoisotopic (exact) mass is 165 g/mol. The Morgan fingerprint density at radius 1 is 1.58 bits per heavy atom. The van der Waals surface area contributed by atoms with Crippen LogP contribution in [0.3, 0.4) is 0 Å². The van der Waals surface area contributed by atoms with Gasteiger partial charge >= 0.3 is 0 Å². The van der Waals surface area contributed by atoms with Crippen LogP contribution in [0.2, 0.25) is 0 Å². The molecule has 0 aliphatic rings. The van der Waals surface area contributed by atoms with Gasteiger partial charge in [-0.2, -0.15) is 0 Å². The lowest BCUT2D eigenvalue weighted by molar-refractivity contribution is 0.340. The van der Waals surface area contributed by atoms with Gasteiger partial charge in [0.05, 0.1) is 13.2 Å². The highest BCUT2D eigenvalue weighted by atomic mass is 19.1. The zero-order valence-corrected chi connectivity index (χ0v) is 6.67. The lowest BCUT2D eigenvalue weighted by Gasteiger charge is -2.04. The number of nitrogens with zero attached hydrogens (tertiary/aromatic N) is 1. The minimum absolute atomic E-state index is 0.313. The number of ether oxygens (including phenoxy) is 1. The number of rotatable bonds is 2. The first-order chi connectivity index (χ1) is 5.77. The van der Waals surface area contributed by atoms with Gasteiger partial charge < -0.3 is 4.74 Å². The maximum absolute atomic E-state index is 12.6. The van der Waals surface area contributed by atoms with Crippen molar-refractivity contribution in [3.63, 3.8) is 0 Å². The van der Waals surface area contributed by atoms with E-state index in [-0.39, 0.29) is 5.82 Å². The van der Waals surface area contributed by atoms with Crippen molar-refractivity contribution in [2.24, 2.45) is 0 Å². The van der Waals surface area contributed by atoms with Gasteiger partial charge in [-0.25, -0.2) is 9.24 Å². The van der Waals surface area contributed by atoms with Gasteiger partial charge in [0.15, 0.2) is 0 Å². The predicted molar refractivity (Wildman–Crippen MR) is 43.8 cm³/mol. The van der Waals surface area contributed by atoms with Gasteiger partial charge in [-0.05, 0) is 19.1 Å². The van der Waals surface area contributed by atoms with Crippen LogP contribution in [0.15, 0.2) is 18.2 Å². The molecule has 0 radical (unpaired) electrons. The van der Waals surface area contributed by atoms with E-state index in [1.165, 1.54) is 18.2 Å². The summed E-state index contributed by atoms with van der Waals surface area (Å²) in [6, 6.07) is 3.88. The topological polar surface area (TPSA) is 13.6 Å². The first-order valence-corrected chi connectivity index (χ1v) is 3.57. The third kappa shape index (κ3) is 1.73. The number of benzene rings is 1. The van der Waals surface area contributed by atoms with Crippen LogP contribution in [0.5, 0.6) is 5.75 Å². The van der Waals surface area contributed by atoms with Crippen molar-refractivity contribution in [2.75, 3.05) is 6.61 Å². The molecule has 0 fully saturated rings. The predicted octanol–water partition coefficient (Wildman–Crippen LogP) is 2.78. The van der Waals surface area contributed by atoms with Crippen LogP contribution in [-0.4, -0.2) is 6.61 Å². The molecule has 0 amide bonds. The molecule has 0 bridgehead atoms. The van der Waals surface area contributed by atoms with E-state index in [4.69, 9.17) is 11.3 Å². The molecule has 0 heterocycles. The van der Waals surface area contributed by atoms with E-state index in [1.54, 1.807) is 6.92 Å². The number of hydrogen-bond acceptors (Lipinski definition) is 1. The van der Waals surface area contributed by atoms with Crippen molar-refractivity contribution < 1.29 is 9.13 Å². The SMILES string of the molecule is [C-]#[N+]c1ccc(F)cc1OCC. The summed E-state index contributed by atoms with van der Waals surface area (Å²) in [5.74, 6) is -0.0710. The van der Waals surface area contributed by atoms with Crippen molar-refractivity contribution in [2.45, 2.75) is 6.92 Å². The molecule has 0 saturated carbocycles. The highest BCUT2D eigenvalue weighted by Crippen LogP contribution is 2.27. The van der Waals surface area contributed by atoms with Crippen molar-refractivity contribution in [3.8, 4) is 5.75 Å². The molecular formula is C9H8FNO. The van der Waals surface area contributed by atoms with E-state index in [9.17, 15) is 4.39 Å². The van der Waals surface area contributed by atoms with Crippen LogP contribution in [-0.2, 0) is 0 Å². The first-order valence-electron chi connectivity index (χ1n) is 3.57. The van der Waals surface area contributed by atoms with Gasteiger partial charge in [0.25, 0.3) is 0 Å². The lowest BCUT2D eigenvalue weighted by Crippen LogP contribution is -1.91. The van der Waals surface area contributed by atoms with Gasteiger partial charge in [-0.1, -0.05) is 0 Å². The molecule has 0 aromatic heterocycles. The van der Waals surface area contributed by atoms with E-state index in [2.05, 4.69) is 4.85 Å². The molecule has 1 rings (SSSR count). The fraction of sp³-hybridized carbons (Fsp3) is 0.222. The minimum Gasteiger partial charge on any atom is -0.505 e. The average Bonchev–Trinajstić information content (AvgIpc) is 2.05. The zero-order chi connectivity index (χ0) is 8.97. The van der Waals surface area contributed by atoms with Crippen LogP contribution in [0.1, 0.15) is 6.92 Å². The second-order valence-corrected chi connectivity index (χ2v) is 2.16. The maximum Gasteiger partial charge on any atom is 0.228 e. The van der Waals surface area contributed by atoms with Crippen molar-refractivity contribution >= 4 is 5.69 Å². The Morgan fingerprint density at radius 2 is 2.33 bits per heavy atom. The molecule has 1 aromatic rings. The molecule has 0 spiro atoms. The summed E-state index contributed by atoms with van der Waals surface area (Å²) in [6.45, 7) is 8.98. The molecular weight excluding hydrogens is 157 g/mol. The summed E-state index contributed by atoms with van der Waals surface area (Å²) < 4.78 is 17.7. The third-order valence-corrected chi connectivity index (χ3v) is 1.34. The molecule has 2 nitrogen and oxygen atoms in total. The summed E-state index contributed by atoms with van der Waals surface area (Å²) >= 11 is 0. The fourth-order valence-corrected chi connectivity index (χ4v) is 0.851. The van der Waals surface area contributed by atoms with Crippen LogP contribution in [0.4, 0.5) is 10.1 Å². The lowest BCUT2D eigenvalue weighted by atomic mass is 10.3. The van der Waals surface area contributed by atoms with Gasteiger partial charge in [0.2, 0.25) is 5.69 Å². The fourth-order valence-electron chi connectivity index (χ4n) is 0.851. The Kier molecular flexibility index (Phi) is 2.65. The zero-order valence-electron chi connectivity index (χ0n) is 6.67. The summed E-state index contributed by atoms with van der Waals surface area (Å²) in [5, 5.41) is 0. The standard InChI is InChI=1S/C9H8FNO/c1-3-12-9-6-7(10)4-5-8(9)11-2/h4-6H,3H2,1H3. The Bertz CT molecular complexity index is 317. The molecule has 12 heavy (non-hydrogen) atoms. The van der Waals surface area contributed by atoms with E-state index in [1.807, 2.05) is 0 Å².